The number of nitrogens with one attached hydrogen (secondary N) is 1. The van der Waals surface area contributed by atoms with Gasteiger partial charge in [0.05, 0.1) is 17.8 Å². The van der Waals surface area contributed by atoms with E-state index in [1.807, 2.05) is 0 Å². The first-order chi connectivity index (χ1) is 7.33. The monoisotopic (exact) mass is 207 g/mol. The first-order valence-corrected chi connectivity index (χ1v) is 5.74. The van der Waals surface area contributed by atoms with Gasteiger partial charge in [-0.15, -0.1) is 0 Å². The molecule has 1 saturated heterocycles. The molecule has 2 aliphatic rings. The Bertz CT molecular complexity index is 345. The van der Waals surface area contributed by atoms with Gasteiger partial charge in [0, 0.05) is 19.3 Å². The molecule has 4 nitrogen and oxygen atoms in total. The van der Waals surface area contributed by atoms with E-state index in [-0.39, 0.29) is 12.2 Å². The predicted molar refractivity (Wildman–Crippen MR) is 56.7 cm³/mol. The Morgan fingerprint density at radius 2 is 2.33 bits per heavy atom. The highest BCUT2D eigenvalue weighted by molar-refractivity contribution is 5.06. The molecule has 2 fully saturated rings. The Hall–Kier alpha value is -0.870. The highest BCUT2D eigenvalue weighted by atomic mass is 16.5. The van der Waals surface area contributed by atoms with Gasteiger partial charge in [0.15, 0.2) is 0 Å². The van der Waals surface area contributed by atoms with Crippen molar-refractivity contribution in [3.63, 3.8) is 0 Å². The minimum atomic E-state index is 0.133. The first kappa shape index (κ1) is 9.36. The second-order valence-corrected chi connectivity index (χ2v) is 4.55. The summed E-state index contributed by atoms with van der Waals surface area (Å²) in [5.41, 5.74) is 1.07. The summed E-state index contributed by atoms with van der Waals surface area (Å²) in [6.45, 7) is 3.92. The van der Waals surface area contributed by atoms with Crippen LogP contribution in [0.15, 0.2) is 12.3 Å². The van der Waals surface area contributed by atoms with Gasteiger partial charge in [-0.05, 0) is 25.8 Å². The van der Waals surface area contributed by atoms with Crippen LogP contribution in [0.3, 0.4) is 0 Å². The molecule has 0 aromatic carbocycles. The van der Waals surface area contributed by atoms with Crippen LogP contribution >= 0.6 is 0 Å². The van der Waals surface area contributed by atoms with E-state index in [1.54, 1.807) is 0 Å². The fourth-order valence-electron chi connectivity index (χ4n) is 2.04. The fourth-order valence-corrected chi connectivity index (χ4v) is 2.04. The molecule has 82 valence electrons. The Morgan fingerprint density at radius 1 is 1.47 bits per heavy atom. The second-order valence-electron chi connectivity index (χ2n) is 4.55. The van der Waals surface area contributed by atoms with Crippen molar-refractivity contribution in [2.45, 2.75) is 38.0 Å². The van der Waals surface area contributed by atoms with Gasteiger partial charge in [-0.3, -0.25) is 4.68 Å². The predicted octanol–water partition coefficient (Wildman–Crippen LogP) is 1.27. The van der Waals surface area contributed by atoms with Crippen LogP contribution in [0.2, 0.25) is 0 Å². The van der Waals surface area contributed by atoms with E-state index < -0.39 is 0 Å². The maximum Gasteiger partial charge on any atom is 0.114 e. The normalized spacial score (nSPS) is 31.8. The minimum absolute atomic E-state index is 0.133. The van der Waals surface area contributed by atoms with E-state index in [9.17, 15) is 0 Å². The zero-order chi connectivity index (χ0) is 10.3. The zero-order valence-corrected chi connectivity index (χ0v) is 9.02. The molecule has 1 N–H and O–H groups in total. The van der Waals surface area contributed by atoms with Gasteiger partial charge in [-0.25, -0.2) is 0 Å². The van der Waals surface area contributed by atoms with E-state index >= 15 is 0 Å². The van der Waals surface area contributed by atoms with Crippen molar-refractivity contribution in [1.29, 1.82) is 0 Å². The van der Waals surface area contributed by atoms with Crippen LogP contribution in [-0.2, 0) is 4.74 Å². The first-order valence-electron chi connectivity index (χ1n) is 5.74. The molecule has 3 rings (SSSR count). The molecular weight excluding hydrogens is 190 g/mol. The van der Waals surface area contributed by atoms with Crippen LogP contribution in [0.25, 0.3) is 0 Å². The van der Waals surface area contributed by atoms with Crippen LogP contribution in [0.4, 0.5) is 0 Å². The third-order valence-electron chi connectivity index (χ3n) is 3.04. The maximum atomic E-state index is 5.85. The largest absolute Gasteiger partial charge is 0.366 e. The lowest BCUT2D eigenvalue weighted by Gasteiger charge is -2.27. The van der Waals surface area contributed by atoms with Crippen molar-refractivity contribution in [2.24, 2.45) is 0 Å². The van der Waals surface area contributed by atoms with Gasteiger partial charge < -0.3 is 10.1 Å². The molecule has 0 unspecified atom stereocenters. The average Bonchev–Trinajstić information content (AvgIpc) is 2.97. The summed E-state index contributed by atoms with van der Waals surface area (Å²) in [6, 6.07) is 2.75. The second kappa shape index (κ2) is 3.61. The van der Waals surface area contributed by atoms with Gasteiger partial charge in [0.2, 0.25) is 0 Å². The van der Waals surface area contributed by atoms with Gasteiger partial charge in [-0.1, -0.05) is 0 Å². The zero-order valence-electron chi connectivity index (χ0n) is 9.02. The van der Waals surface area contributed by atoms with Gasteiger partial charge in [0.1, 0.15) is 6.10 Å². The van der Waals surface area contributed by atoms with Crippen molar-refractivity contribution in [1.82, 2.24) is 15.1 Å². The summed E-state index contributed by atoms with van der Waals surface area (Å²) >= 11 is 0. The molecule has 0 amide bonds. The third kappa shape index (κ3) is 1.92. The van der Waals surface area contributed by atoms with Crippen LogP contribution < -0.4 is 5.32 Å². The van der Waals surface area contributed by atoms with Crippen molar-refractivity contribution in [3.05, 3.63) is 18.0 Å². The number of hydrogen-bond donors (Lipinski definition) is 1. The molecule has 1 aliphatic heterocycles. The minimum Gasteiger partial charge on any atom is -0.366 e. The molecule has 1 aromatic heterocycles. The molecule has 4 heteroatoms. The molecule has 0 bridgehead atoms. The van der Waals surface area contributed by atoms with Gasteiger partial charge in [-0.2, -0.15) is 5.10 Å². The molecule has 0 radical (unpaired) electrons. The van der Waals surface area contributed by atoms with E-state index in [1.165, 1.54) is 12.8 Å². The SMILES string of the molecule is C[C@@H]1CNC[C@H](c2ccn(C3CC3)n2)O1. The Labute approximate surface area is 89.6 Å². The molecule has 0 spiro atoms. The third-order valence-corrected chi connectivity index (χ3v) is 3.04. The van der Waals surface area contributed by atoms with Crippen LogP contribution in [-0.4, -0.2) is 29.0 Å². The average molecular weight is 207 g/mol. The number of nitrogens with zero attached hydrogens (tertiary/aromatic N) is 2. The van der Waals surface area contributed by atoms with E-state index in [0.29, 0.717) is 6.04 Å². The van der Waals surface area contributed by atoms with Crippen LogP contribution in [0, 0.1) is 0 Å². The van der Waals surface area contributed by atoms with Crippen LogP contribution in [0.5, 0.6) is 0 Å². The molecule has 2 heterocycles. The standard InChI is InChI=1S/C11H17N3O/c1-8-6-12-7-11(15-8)10-4-5-14(13-10)9-2-3-9/h4-5,8-9,11-12H,2-3,6-7H2,1H3/t8-,11-/m1/s1. The van der Waals surface area contributed by atoms with Gasteiger partial charge >= 0.3 is 0 Å². The Kier molecular flexibility index (Phi) is 2.25. The topological polar surface area (TPSA) is 39.1 Å². The highest BCUT2D eigenvalue weighted by Crippen LogP contribution is 2.34. The lowest BCUT2D eigenvalue weighted by atomic mass is 10.2. The van der Waals surface area contributed by atoms with E-state index in [0.717, 1.165) is 18.8 Å². The molecule has 1 aromatic rings. The van der Waals surface area contributed by atoms with Crippen molar-refractivity contribution in [2.75, 3.05) is 13.1 Å². The summed E-state index contributed by atoms with van der Waals surface area (Å²) in [7, 11) is 0. The van der Waals surface area contributed by atoms with Crippen molar-refractivity contribution >= 4 is 0 Å². The number of morpholine rings is 1. The summed E-state index contributed by atoms with van der Waals surface area (Å²) in [5.74, 6) is 0. The fraction of sp³-hybridized carbons (Fsp3) is 0.727. The lowest BCUT2D eigenvalue weighted by molar-refractivity contribution is -0.0311. The van der Waals surface area contributed by atoms with Crippen LogP contribution in [0.1, 0.15) is 37.6 Å². The molecule has 2 atom stereocenters. The number of hydrogen-bond acceptors (Lipinski definition) is 3. The van der Waals surface area contributed by atoms with E-state index in [2.05, 4.69) is 34.3 Å². The quantitative estimate of drug-likeness (QED) is 0.793. The maximum absolute atomic E-state index is 5.85. The van der Waals surface area contributed by atoms with Gasteiger partial charge in [0.25, 0.3) is 0 Å². The Balaban J connectivity index is 1.73. The molecule has 15 heavy (non-hydrogen) atoms. The van der Waals surface area contributed by atoms with Crippen molar-refractivity contribution in [3.8, 4) is 0 Å². The number of ether oxygens (including phenoxy) is 1. The number of aromatic nitrogens is 2. The van der Waals surface area contributed by atoms with E-state index in [4.69, 9.17) is 4.74 Å². The Morgan fingerprint density at radius 3 is 3.07 bits per heavy atom. The summed E-state index contributed by atoms with van der Waals surface area (Å²) in [5, 5.41) is 7.94. The summed E-state index contributed by atoms with van der Waals surface area (Å²) < 4.78 is 7.93. The van der Waals surface area contributed by atoms with Crippen molar-refractivity contribution < 1.29 is 4.74 Å². The molecular formula is C11H17N3O. The highest BCUT2D eigenvalue weighted by Gasteiger charge is 2.27. The molecule has 1 aliphatic carbocycles. The smallest absolute Gasteiger partial charge is 0.114 e. The molecule has 1 saturated carbocycles. The summed E-state index contributed by atoms with van der Waals surface area (Å²) in [4.78, 5) is 0. The summed E-state index contributed by atoms with van der Waals surface area (Å²) in [6.07, 6.45) is 5.06. The lowest BCUT2D eigenvalue weighted by Crippen LogP contribution is -2.39. The number of rotatable bonds is 2.